The molecule has 3 aromatic carbocycles. The Balaban J connectivity index is 1.38. The number of nitrogens with one attached hydrogen (secondary N) is 3. The van der Waals surface area contributed by atoms with Crippen LogP contribution in [0.4, 0.5) is 26.4 Å². The lowest BCUT2D eigenvalue weighted by Crippen LogP contribution is -2.43. The summed E-state index contributed by atoms with van der Waals surface area (Å²) in [5.41, 5.74) is 10.9. The minimum atomic E-state index is -0.465. The van der Waals surface area contributed by atoms with Crippen molar-refractivity contribution in [3.05, 3.63) is 84.2 Å². The van der Waals surface area contributed by atoms with E-state index < -0.39 is 11.8 Å². The number of halogens is 1. The number of imidazole rings is 1. The summed E-state index contributed by atoms with van der Waals surface area (Å²) >= 11 is 0. The number of urea groups is 1. The number of fused-ring (bicyclic) bond motifs is 2. The molecule has 2 aromatic heterocycles. The van der Waals surface area contributed by atoms with Crippen LogP contribution in [0, 0.1) is 12.7 Å². The molecule has 2 amide bonds. The van der Waals surface area contributed by atoms with Crippen LogP contribution in [-0.4, -0.2) is 51.5 Å². The topological polar surface area (TPSA) is 113 Å². The summed E-state index contributed by atoms with van der Waals surface area (Å²) in [7, 11) is 0. The molecule has 5 N–H and O–H groups in total. The van der Waals surface area contributed by atoms with Gasteiger partial charge in [0, 0.05) is 49.4 Å². The summed E-state index contributed by atoms with van der Waals surface area (Å²) in [4.78, 5) is 24.6. The van der Waals surface area contributed by atoms with Gasteiger partial charge in [-0.1, -0.05) is 36.4 Å². The van der Waals surface area contributed by atoms with Crippen LogP contribution in [0.2, 0.25) is 0 Å². The van der Waals surface area contributed by atoms with E-state index in [2.05, 4.69) is 30.2 Å². The van der Waals surface area contributed by atoms with Crippen LogP contribution in [0.3, 0.4) is 0 Å². The second kappa shape index (κ2) is 10.3. The van der Waals surface area contributed by atoms with E-state index in [1.54, 1.807) is 12.1 Å². The second-order valence-electron chi connectivity index (χ2n) is 9.65. The van der Waals surface area contributed by atoms with E-state index in [4.69, 9.17) is 10.7 Å². The highest BCUT2D eigenvalue weighted by Gasteiger charge is 2.21. The van der Waals surface area contributed by atoms with E-state index in [-0.39, 0.29) is 0 Å². The maximum Gasteiger partial charge on any atom is 0.323 e. The summed E-state index contributed by atoms with van der Waals surface area (Å²) < 4.78 is 15.6. The lowest BCUT2D eigenvalue weighted by atomic mass is 10.00. The van der Waals surface area contributed by atoms with Gasteiger partial charge in [0.25, 0.3) is 0 Å². The highest BCUT2D eigenvalue weighted by Crippen LogP contribution is 2.37. The van der Waals surface area contributed by atoms with Gasteiger partial charge in [-0.3, -0.25) is 9.30 Å². The van der Waals surface area contributed by atoms with Gasteiger partial charge in [-0.25, -0.2) is 19.2 Å². The molecule has 1 aliphatic rings. The molecule has 1 saturated heterocycles. The van der Waals surface area contributed by atoms with E-state index in [1.807, 2.05) is 49.5 Å². The Labute approximate surface area is 224 Å². The van der Waals surface area contributed by atoms with Crippen LogP contribution in [0.5, 0.6) is 0 Å². The van der Waals surface area contributed by atoms with Crippen molar-refractivity contribution in [3.63, 3.8) is 0 Å². The third kappa shape index (κ3) is 4.87. The van der Waals surface area contributed by atoms with E-state index in [9.17, 15) is 9.18 Å². The Morgan fingerprint density at radius 3 is 2.64 bits per heavy atom. The molecule has 0 spiro atoms. The zero-order valence-corrected chi connectivity index (χ0v) is 21.5. The van der Waals surface area contributed by atoms with E-state index in [0.717, 1.165) is 71.8 Å². The Morgan fingerprint density at radius 1 is 1.05 bits per heavy atom. The maximum atomic E-state index is 13.5. The van der Waals surface area contributed by atoms with Gasteiger partial charge in [0.15, 0.2) is 0 Å². The molecule has 0 radical (unpaired) electrons. The molecule has 3 heterocycles. The van der Waals surface area contributed by atoms with E-state index in [0.29, 0.717) is 17.2 Å². The number of hydrogen-bond donors (Lipinski definition) is 4. The van der Waals surface area contributed by atoms with Crippen LogP contribution in [0.25, 0.3) is 27.5 Å². The van der Waals surface area contributed by atoms with Crippen molar-refractivity contribution >= 4 is 39.5 Å². The number of carbonyl (C=O) groups excluding carboxylic acids is 1. The molecule has 5 aromatic rings. The Kier molecular flexibility index (Phi) is 6.55. The normalized spacial score (nSPS) is 14.1. The van der Waals surface area contributed by atoms with Crippen molar-refractivity contribution < 1.29 is 9.18 Å². The van der Waals surface area contributed by atoms with Gasteiger partial charge in [-0.15, -0.1) is 0 Å². The lowest BCUT2D eigenvalue weighted by Gasteiger charge is -2.27. The number of amides is 2. The van der Waals surface area contributed by atoms with Crippen molar-refractivity contribution in [2.45, 2.75) is 13.5 Å². The van der Waals surface area contributed by atoms with Crippen molar-refractivity contribution in [2.75, 3.05) is 42.5 Å². The van der Waals surface area contributed by atoms with Gasteiger partial charge in [-0.05, 0) is 36.6 Å². The number of hydrogen-bond acceptors (Lipinski definition) is 6. The molecular formula is C29H29FN8O. The van der Waals surface area contributed by atoms with Gasteiger partial charge in [-0.2, -0.15) is 0 Å². The molecule has 6 rings (SSSR count). The summed E-state index contributed by atoms with van der Waals surface area (Å²) in [6.07, 6.45) is 1.84. The van der Waals surface area contributed by atoms with Crippen LogP contribution in [0.1, 0.15) is 11.5 Å². The molecule has 9 nitrogen and oxygen atoms in total. The number of aryl methyl sites for hydroxylation is 1. The van der Waals surface area contributed by atoms with Gasteiger partial charge in [0.1, 0.15) is 28.7 Å². The smallest absolute Gasteiger partial charge is 0.323 e. The zero-order chi connectivity index (χ0) is 26.9. The Morgan fingerprint density at radius 2 is 1.85 bits per heavy atom. The van der Waals surface area contributed by atoms with Crippen LogP contribution < -0.4 is 21.7 Å². The predicted octanol–water partition coefficient (Wildman–Crippen LogP) is 4.63. The van der Waals surface area contributed by atoms with Crippen molar-refractivity contribution in [1.82, 2.24) is 24.6 Å². The number of nitrogens with zero attached hydrogens (tertiary/aromatic N) is 4. The maximum absolute atomic E-state index is 13.5. The Bertz CT molecular complexity index is 1690. The number of benzene rings is 3. The molecule has 10 heteroatoms. The fourth-order valence-corrected chi connectivity index (χ4v) is 5.25. The number of nitrogens with two attached hydrogens (primary N) is 1. The molecule has 0 unspecified atom stereocenters. The molecule has 0 saturated carbocycles. The number of anilines is 3. The predicted molar refractivity (Wildman–Crippen MR) is 152 cm³/mol. The molecular weight excluding hydrogens is 495 g/mol. The fraction of sp³-hybridized carbons (Fsp3) is 0.207. The largest absolute Gasteiger partial charge is 0.382 e. The minimum absolute atomic E-state index is 0.368. The number of carbonyl (C=O) groups is 1. The van der Waals surface area contributed by atoms with E-state index in [1.165, 1.54) is 12.1 Å². The van der Waals surface area contributed by atoms with Crippen LogP contribution in [-0.2, 0) is 6.54 Å². The number of rotatable bonds is 5. The summed E-state index contributed by atoms with van der Waals surface area (Å²) in [5, 5.41) is 10.7. The molecule has 1 aliphatic heterocycles. The molecule has 0 atom stereocenters. The van der Waals surface area contributed by atoms with E-state index >= 15 is 0 Å². The standard InChI is InChI=1S/C29H29FN8O/c1-18-34-26(27-28(31)33-16-21(38(18)27)17-37-13-11-32-12-14-37)24-9-10-25(23-8-3-2-7-22(23)24)36-29(39)35-20-6-4-5-19(30)15-20/h2-10,15-16,32H,11-14,17H2,1H3,(H2,31,33)(H2,35,36,39). The first-order valence-electron chi connectivity index (χ1n) is 12.9. The van der Waals surface area contributed by atoms with Gasteiger partial charge >= 0.3 is 6.03 Å². The number of nitrogen functional groups attached to an aromatic ring is 1. The molecule has 0 bridgehead atoms. The molecule has 39 heavy (non-hydrogen) atoms. The fourth-order valence-electron chi connectivity index (χ4n) is 5.25. The van der Waals surface area contributed by atoms with Crippen LogP contribution in [0.15, 0.2) is 66.9 Å². The quantitative estimate of drug-likeness (QED) is 0.267. The van der Waals surface area contributed by atoms with Gasteiger partial charge in [0.2, 0.25) is 0 Å². The monoisotopic (exact) mass is 524 g/mol. The summed E-state index contributed by atoms with van der Waals surface area (Å²) in [6, 6.07) is 16.9. The SMILES string of the molecule is Cc1nc(-c2ccc(NC(=O)Nc3cccc(F)c3)c3ccccc23)c2c(N)ncc(CN3CCNCC3)n12. The lowest BCUT2D eigenvalue weighted by molar-refractivity contribution is 0.229. The number of aromatic nitrogens is 3. The minimum Gasteiger partial charge on any atom is -0.382 e. The second-order valence-corrected chi connectivity index (χ2v) is 9.65. The summed E-state index contributed by atoms with van der Waals surface area (Å²) in [6.45, 7) is 6.60. The first-order valence-corrected chi connectivity index (χ1v) is 12.9. The van der Waals surface area contributed by atoms with Crippen LogP contribution >= 0.6 is 0 Å². The van der Waals surface area contributed by atoms with Crippen molar-refractivity contribution in [2.24, 2.45) is 0 Å². The molecule has 198 valence electrons. The highest BCUT2D eigenvalue weighted by atomic mass is 19.1. The van der Waals surface area contributed by atoms with Crippen molar-refractivity contribution in [3.8, 4) is 11.3 Å². The third-order valence-corrected chi connectivity index (χ3v) is 7.03. The Hall–Kier alpha value is -4.54. The average Bonchev–Trinajstić information content (AvgIpc) is 3.29. The number of piperazine rings is 1. The molecule has 0 aliphatic carbocycles. The molecule has 1 fully saturated rings. The first-order chi connectivity index (χ1) is 19.0. The zero-order valence-electron chi connectivity index (χ0n) is 21.5. The van der Waals surface area contributed by atoms with Gasteiger partial charge < -0.3 is 21.7 Å². The van der Waals surface area contributed by atoms with Crippen molar-refractivity contribution in [1.29, 1.82) is 0 Å². The third-order valence-electron chi connectivity index (χ3n) is 7.03. The summed E-state index contributed by atoms with van der Waals surface area (Å²) in [5.74, 6) is 0.824. The highest BCUT2D eigenvalue weighted by molar-refractivity contribution is 6.10. The van der Waals surface area contributed by atoms with Gasteiger partial charge in [0.05, 0.1) is 17.6 Å². The first kappa shape index (κ1) is 24.8. The average molecular weight is 525 g/mol.